The van der Waals surface area contributed by atoms with Crippen LogP contribution in [0.3, 0.4) is 0 Å². The van der Waals surface area contributed by atoms with Gasteiger partial charge in [0.15, 0.2) is 0 Å². The van der Waals surface area contributed by atoms with Crippen molar-refractivity contribution >= 4 is 23.5 Å². The van der Waals surface area contributed by atoms with Crippen molar-refractivity contribution in [2.24, 2.45) is 0 Å². The number of nitrogens with one attached hydrogen (secondary N) is 1. The first-order valence-electron chi connectivity index (χ1n) is 6.98. The Bertz CT molecular complexity index is 510. The first-order chi connectivity index (χ1) is 9.73. The Labute approximate surface area is 129 Å². The summed E-state index contributed by atoms with van der Waals surface area (Å²) in [6.45, 7) is 8.72. The van der Waals surface area contributed by atoms with Gasteiger partial charge in [-0.2, -0.15) is 0 Å². The number of carbonyl (C=O) groups is 1. The molecular formula is C14H21ClN4O2. The highest BCUT2D eigenvalue weighted by Crippen LogP contribution is 2.19. The Morgan fingerprint density at radius 1 is 1.48 bits per heavy atom. The fourth-order valence-corrected chi connectivity index (χ4v) is 2.41. The number of carbonyl (C=O) groups excluding carboxylic acids is 1. The maximum Gasteiger partial charge on any atom is 0.410 e. The molecular weight excluding hydrogens is 292 g/mol. The van der Waals surface area contributed by atoms with Gasteiger partial charge in [-0.15, -0.1) is 0 Å². The summed E-state index contributed by atoms with van der Waals surface area (Å²) in [7, 11) is 0. The summed E-state index contributed by atoms with van der Waals surface area (Å²) in [5.41, 5.74) is 0.333. The second kappa shape index (κ2) is 6.05. The highest BCUT2D eigenvalue weighted by molar-refractivity contribution is 6.28. The van der Waals surface area contributed by atoms with Crippen LogP contribution in [0.1, 0.15) is 32.9 Å². The molecule has 6 nitrogen and oxygen atoms in total. The summed E-state index contributed by atoms with van der Waals surface area (Å²) >= 11 is 5.84. The molecule has 1 N–H and O–H groups in total. The fourth-order valence-electron chi connectivity index (χ4n) is 2.19. The second-order valence-corrected chi connectivity index (χ2v) is 6.56. The van der Waals surface area contributed by atoms with Crippen molar-refractivity contribution in [2.75, 3.05) is 18.4 Å². The molecule has 1 aromatic heterocycles. The Morgan fingerprint density at radius 3 is 2.81 bits per heavy atom. The third-order valence-corrected chi connectivity index (χ3v) is 3.19. The highest BCUT2D eigenvalue weighted by atomic mass is 35.5. The monoisotopic (exact) mass is 312 g/mol. The number of hydrogen-bond acceptors (Lipinski definition) is 5. The minimum absolute atomic E-state index is 0.142. The number of aryl methyl sites for hydroxylation is 1. The van der Waals surface area contributed by atoms with Crippen LogP contribution in [-0.2, 0) is 4.74 Å². The Kier molecular flexibility index (Phi) is 4.56. The van der Waals surface area contributed by atoms with Crippen LogP contribution >= 0.6 is 11.6 Å². The lowest BCUT2D eigenvalue weighted by Crippen LogP contribution is -2.36. The lowest BCUT2D eigenvalue weighted by atomic mass is 10.2. The van der Waals surface area contributed by atoms with Crippen molar-refractivity contribution in [3.63, 3.8) is 0 Å². The molecule has 1 atom stereocenters. The predicted molar refractivity (Wildman–Crippen MR) is 81.6 cm³/mol. The Balaban J connectivity index is 1.92. The zero-order chi connectivity index (χ0) is 15.6. The molecule has 0 aliphatic carbocycles. The molecule has 0 radical (unpaired) electrons. The van der Waals surface area contributed by atoms with Crippen molar-refractivity contribution in [3.05, 3.63) is 17.0 Å². The van der Waals surface area contributed by atoms with E-state index < -0.39 is 5.60 Å². The van der Waals surface area contributed by atoms with Crippen molar-refractivity contribution in [2.45, 2.75) is 45.8 Å². The number of nitrogens with zero attached hydrogens (tertiary/aromatic N) is 3. The molecule has 0 bridgehead atoms. The van der Waals surface area contributed by atoms with Crippen LogP contribution in [0, 0.1) is 6.92 Å². The van der Waals surface area contributed by atoms with Crippen molar-refractivity contribution in [3.8, 4) is 0 Å². The lowest BCUT2D eigenvalue weighted by molar-refractivity contribution is 0.0293. The molecule has 1 aliphatic rings. The lowest BCUT2D eigenvalue weighted by Gasteiger charge is -2.24. The summed E-state index contributed by atoms with van der Waals surface area (Å²) in [4.78, 5) is 21.9. The molecule has 2 rings (SSSR count). The molecule has 1 aliphatic heterocycles. The van der Waals surface area contributed by atoms with Gasteiger partial charge >= 0.3 is 6.09 Å². The zero-order valence-corrected chi connectivity index (χ0v) is 13.6. The van der Waals surface area contributed by atoms with Crippen LogP contribution in [0.2, 0.25) is 5.28 Å². The minimum atomic E-state index is -0.472. The first kappa shape index (κ1) is 15.8. The van der Waals surface area contributed by atoms with Crippen LogP contribution in [0.25, 0.3) is 0 Å². The fraction of sp³-hybridized carbons (Fsp3) is 0.643. The minimum Gasteiger partial charge on any atom is -0.444 e. The van der Waals surface area contributed by atoms with Gasteiger partial charge in [0.05, 0.1) is 0 Å². The maximum absolute atomic E-state index is 12.0. The zero-order valence-electron chi connectivity index (χ0n) is 12.8. The molecule has 0 aromatic carbocycles. The van der Waals surface area contributed by atoms with E-state index in [2.05, 4.69) is 15.3 Å². The van der Waals surface area contributed by atoms with Gasteiger partial charge in [-0.05, 0) is 45.7 Å². The van der Waals surface area contributed by atoms with Crippen molar-refractivity contribution in [1.82, 2.24) is 14.9 Å². The van der Waals surface area contributed by atoms with Crippen LogP contribution in [-0.4, -0.2) is 45.7 Å². The number of aromatic nitrogens is 2. The number of amides is 1. The van der Waals surface area contributed by atoms with E-state index in [1.54, 1.807) is 4.90 Å². The SMILES string of the molecule is Cc1cc(N[C@H]2CCN(C(=O)OC(C)(C)C)C2)nc(Cl)n1. The van der Waals surface area contributed by atoms with Crippen molar-refractivity contribution < 1.29 is 9.53 Å². The number of ether oxygens (including phenoxy) is 1. The van der Waals surface area contributed by atoms with Gasteiger partial charge in [0.25, 0.3) is 0 Å². The van der Waals surface area contributed by atoms with Gasteiger partial charge < -0.3 is 15.0 Å². The van der Waals surface area contributed by atoms with E-state index >= 15 is 0 Å². The van der Waals surface area contributed by atoms with Gasteiger partial charge in [0.1, 0.15) is 11.4 Å². The van der Waals surface area contributed by atoms with Gasteiger partial charge in [0.2, 0.25) is 5.28 Å². The largest absolute Gasteiger partial charge is 0.444 e. The van der Waals surface area contributed by atoms with Gasteiger partial charge in [-0.1, -0.05) is 0 Å². The average molecular weight is 313 g/mol. The molecule has 21 heavy (non-hydrogen) atoms. The van der Waals surface area contributed by atoms with E-state index in [0.29, 0.717) is 18.9 Å². The summed E-state index contributed by atoms with van der Waals surface area (Å²) in [6, 6.07) is 1.98. The molecule has 0 unspecified atom stereocenters. The summed E-state index contributed by atoms with van der Waals surface area (Å²) in [5.74, 6) is 0.684. The van der Waals surface area contributed by atoms with Crippen molar-refractivity contribution in [1.29, 1.82) is 0 Å². The summed E-state index contributed by atoms with van der Waals surface area (Å²) in [6.07, 6.45) is 0.573. The van der Waals surface area contributed by atoms with E-state index in [1.807, 2.05) is 33.8 Å². The van der Waals surface area contributed by atoms with E-state index in [0.717, 1.165) is 12.1 Å². The molecule has 116 valence electrons. The molecule has 0 saturated carbocycles. The molecule has 1 aromatic rings. The third-order valence-electron chi connectivity index (χ3n) is 3.02. The van der Waals surface area contributed by atoms with Gasteiger partial charge in [-0.3, -0.25) is 0 Å². The quantitative estimate of drug-likeness (QED) is 0.851. The van der Waals surface area contributed by atoms with E-state index in [1.165, 1.54) is 0 Å². The topological polar surface area (TPSA) is 67.4 Å². The summed E-state index contributed by atoms with van der Waals surface area (Å²) < 4.78 is 5.37. The van der Waals surface area contributed by atoms with Crippen LogP contribution in [0.5, 0.6) is 0 Å². The predicted octanol–water partition coefficient (Wildman–Crippen LogP) is 2.86. The third kappa shape index (κ3) is 4.74. The molecule has 1 amide bonds. The highest BCUT2D eigenvalue weighted by Gasteiger charge is 2.29. The van der Waals surface area contributed by atoms with Crippen LogP contribution in [0.4, 0.5) is 10.6 Å². The number of rotatable bonds is 2. The molecule has 1 saturated heterocycles. The Hall–Kier alpha value is -1.56. The normalized spacial score (nSPS) is 18.7. The smallest absolute Gasteiger partial charge is 0.410 e. The van der Waals surface area contributed by atoms with Gasteiger partial charge in [0, 0.05) is 30.9 Å². The van der Waals surface area contributed by atoms with Gasteiger partial charge in [-0.25, -0.2) is 14.8 Å². The average Bonchev–Trinajstić information content (AvgIpc) is 2.73. The molecule has 0 spiro atoms. The number of likely N-dealkylation sites (tertiary alicyclic amines) is 1. The number of halogens is 1. The number of hydrogen-bond donors (Lipinski definition) is 1. The second-order valence-electron chi connectivity index (χ2n) is 6.22. The first-order valence-corrected chi connectivity index (χ1v) is 7.36. The molecule has 7 heteroatoms. The maximum atomic E-state index is 12.0. The standard InChI is InChI=1S/C14H21ClN4O2/c1-9-7-11(18-12(15)16-9)17-10-5-6-19(8-10)13(20)21-14(2,3)4/h7,10H,5-6,8H2,1-4H3,(H,16,17,18)/t10-/m0/s1. The Morgan fingerprint density at radius 2 is 2.19 bits per heavy atom. The van der Waals surface area contributed by atoms with E-state index in [4.69, 9.17) is 16.3 Å². The summed E-state index contributed by atoms with van der Waals surface area (Å²) in [5, 5.41) is 3.51. The van der Waals surface area contributed by atoms with Crippen LogP contribution < -0.4 is 5.32 Å². The van der Waals surface area contributed by atoms with E-state index in [-0.39, 0.29) is 17.4 Å². The molecule has 2 heterocycles. The van der Waals surface area contributed by atoms with Crippen LogP contribution in [0.15, 0.2) is 6.07 Å². The van der Waals surface area contributed by atoms with E-state index in [9.17, 15) is 4.79 Å². The molecule has 1 fully saturated rings. The number of anilines is 1.